The van der Waals surface area contributed by atoms with Gasteiger partial charge in [0.2, 0.25) is 5.95 Å². The second kappa shape index (κ2) is 4.86. The van der Waals surface area contributed by atoms with Crippen molar-refractivity contribution in [1.29, 1.82) is 0 Å². The third kappa shape index (κ3) is 2.07. The number of rotatable bonds is 2. The van der Waals surface area contributed by atoms with E-state index in [0.717, 1.165) is 25.6 Å². The highest BCUT2D eigenvalue weighted by atomic mass is 19.1. The highest BCUT2D eigenvalue weighted by molar-refractivity contribution is 5.61. The standard InChI is InChI=1S/C16H17FN4O2/c1-20-14(23)7-12(10-3-5-18-9-11(10)17)19-15(20)21-6-2-4-16(21)8-13(16)22/h3,5,7,9,13,22H,2,4,6,8H2,1H3. The van der Waals surface area contributed by atoms with Gasteiger partial charge in [-0.15, -0.1) is 0 Å². The van der Waals surface area contributed by atoms with Crippen LogP contribution in [0.15, 0.2) is 29.3 Å². The molecule has 1 saturated carbocycles. The Labute approximate surface area is 132 Å². The summed E-state index contributed by atoms with van der Waals surface area (Å²) in [6.45, 7) is 0.736. The summed E-state index contributed by atoms with van der Waals surface area (Å²) in [5.41, 5.74) is -0.00535. The van der Waals surface area contributed by atoms with Crippen LogP contribution >= 0.6 is 0 Å². The Hall–Kier alpha value is -2.28. The number of halogens is 1. The minimum Gasteiger partial charge on any atom is -0.391 e. The molecular formula is C16H17FN4O2. The van der Waals surface area contributed by atoms with Crippen LogP contribution in [0.1, 0.15) is 19.3 Å². The molecule has 2 aromatic heterocycles. The maximum atomic E-state index is 14.0. The highest BCUT2D eigenvalue weighted by Gasteiger charge is 2.60. The molecule has 23 heavy (non-hydrogen) atoms. The van der Waals surface area contributed by atoms with Crippen molar-refractivity contribution in [1.82, 2.24) is 14.5 Å². The number of nitrogens with zero attached hydrogens (tertiary/aromatic N) is 4. The van der Waals surface area contributed by atoms with Crippen LogP contribution in [0.5, 0.6) is 0 Å². The van der Waals surface area contributed by atoms with Gasteiger partial charge in [0.15, 0.2) is 5.82 Å². The normalized spacial score (nSPS) is 26.0. The third-order valence-electron chi connectivity index (χ3n) is 4.94. The topological polar surface area (TPSA) is 71.2 Å². The predicted molar refractivity (Wildman–Crippen MR) is 82.6 cm³/mol. The van der Waals surface area contributed by atoms with E-state index in [2.05, 4.69) is 9.97 Å². The second-order valence-corrected chi connectivity index (χ2v) is 6.27. The van der Waals surface area contributed by atoms with Crippen LogP contribution in [-0.4, -0.2) is 37.8 Å². The zero-order chi connectivity index (χ0) is 16.2. The molecule has 0 amide bonds. The maximum Gasteiger partial charge on any atom is 0.255 e. The first-order chi connectivity index (χ1) is 11.0. The van der Waals surface area contributed by atoms with Gasteiger partial charge in [0, 0.05) is 37.8 Å². The molecule has 1 aliphatic heterocycles. The minimum absolute atomic E-state index is 0.251. The summed E-state index contributed by atoms with van der Waals surface area (Å²) in [6.07, 6.45) is 4.72. The molecule has 120 valence electrons. The van der Waals surface area contributed by atoms with Crippen molar-refractivity contribution in [3.63, 3.8) is 0 Å². The molecule has 0 radical (unpaired) electrons. The number of aliphatic hydroxyl groups is 1. The fourth-order valence-electron chi connectivity index (χ4n) is 3.52. The number of aromatic nitrogens is 3. The van der Waals surface area contributed by atoms with Crippen LogP contribution in [0, 0.1) is 5.82 Å². The summed E-state index contributed by atoms with van der Waals surface area (Å²) < 4.78 is 15.4. The lowest BCUT2D eigenvalue weighted by Crippen LogP contribution is -2.39. The molecule has 2 aliphatic rings. The van der Waals surface area contributed by atoms with Gasteiger partial charge in [0.25, 0.3) is 5.56 Å². The molecule has 1 saturated heterocycles. The summed E-state index contributed by atoms with van der Waals surface area (Å²) in [6, 6.07) is 2.83. The Morgan fingerprint density at radius 2 is 2.26 bits per heavy atom. The molecule has 2 unspecified atom stereocenters. The van der Waals surface area contributed by atoms with E-state index >= 15 is 0 Å². The summed E-state index contributed by atoms with van der Waals surface area (Å²) in [4.78, 5) is 22.6. The summed E-state index contributed by atoms with van der Waals surface area (Å²) >= 11 is 0. The zero-order valence-corrected chi connectivity index (χ0v) is 12.7. The molecule has 7 heteroatoms. The maximum absolute atomic E-state index is 14.0. The van der Waals surface area contributed by atoms with Crippen LogP contribution in [0.2, 0.25) is 0 Å². The Morgan fingerprint density at radius 3 is 2.96 bits per heavy atom. The van der Waals surface area contributed by atoms with Gasteiger partial charge in [-0.1, -0.05) is 0 Å². The number of anilines is 1. The van der Waals surface area contributed by atoms with Crippen molar-refractivity contribution in [2.45, 2.75) is 30.9 Å². The van der Waals surface area contributed by atoms with E-state index in [1.807, 2.05) is 4.90 Å². The molecule has 4 rings (SSSR count). The molecule has 2 fully saturated rings. The van der Waals surface area contributed by atoms with Gasteiger partial charge in [-0.3, -0.25) is 14.3 Å². The van der Waals surface area contributed by atoms with E-state index in [0.29, 0.717) is 18.1 Å². The first-order valence-corrected chi connectivity index (χ1v) is 7.66. The van der Waals surface area contributed by atoms with E-state index in [-0.39, 0.29) is 22.8 Å². The van der Waals surface area contributed by atoms with Crippen LogP contribution < -0.4 is 10.5 Å². The molecule has 2 atom stereocenters. The minimum atomic E-state index is -0.512. The number of hydrogen-bond acceptors (Lipinski definition) is 5. The number of aliphatic hydroxyl groups excluding tert-OH is 1. The quantitative estimate of drug-likeness (QED) is 0.898. The Balaban J connectivity index is 1.85. The SMILES string of the molecule is Cn1c(N2CCCC23CC3O)nc(-c2ccncc2F)cc1=O. The highest BCUT2D eigenvalue weighted by Crippen LogP contribution is 2.50. The summed E-state index contributed by atoms with van der Waals surface area (Å²) in [5.74, 6) is -0.0282. The van der Waals surface area contributed by atoms with Crippen molar-refractivity contribution < 1.29 is 9.50 Å². The summed E-state index contributed by atoms with van der Waals surface area (Å²) in [7, 11) is 1.65. The van der Waals surface area contributed by atoms with Crippen molar-refractivity contribution in [3.05, 3.63) is 40.7 Å². The van der Waals surface area contributed by atoms with E-state index in [4.69, 9.17) is 0 Å². The number of hydrogen-bond donors (Lipinski definition) is 1. The molecule has 1 aliphatic carbocycles. The molecule has 1 N–H and O–H groups in total. The van der Waals surface area contributed by atoms with Gasteiger partial charge >= 0.3 is 0 Å². The zero-order valence-electron chi connectivity index (χ0n) is 12.7. The lowest BCUT2D eigenvalue weighted by molar-refractivity contribution is 0.248. The van der Waals surface area contributed by atoms with Crippen molar-refractivity contribution in [2.75, 3.05) is 11.4 Å². The van der Waals surface area contributed by atoms with Crippen LogP contribution in [0.25, 0.3) is 11.3 Å². The van der Waals surface area contributed by atoms with Gasteiger partial charge in [0.1, 0.15) is 0 Å². The smallest absolute Gasteiger partial charge is 0.255 e. The van der Waals surface area contributed by atoms with Crippen molar-refractivity contribution in [3.8, 4) is 11.3 Å². The lowest BCUT2D eigenvalue weighted by Gasteiger charge is -2.27. The van der Waals surface area contributed by atoms with E-state index < -0.39 is 5.82 Å². The predicted octanol–water partition coefficient (Wildman–Crippen LogP) is 1.08. The largest absolute Gasteiger partial charge is 0.391 e. The summed E-state index contributed by atoms with van der Waals surface area (Å²) in [5, 5.41) is 10.0. The van der Waals surface area contributed by atoms with Crippen LogP contribution in [-0.2, 0) is 7.05 Å². The third-order valence-corrected chi connectivity index (χ3v) is 4.94. The monoisotopic (exact) mass is 316 g/mol. The molecular weight excluding hydrogens is 299 g/mol. The van der Waals surface area contributed by atoms with E-state index in [9.17, 15) is 14.3 Å². The van der Waals surface area contributed by atoms with E-state index in [1.54, 1.807) is 7.05 Å². The first kappa shape index (κ1) is 14.3. The van der Waals surface area contributed by atoms with Crippen molar-refractivity contribution in [2.24, 2.45) is 7.05 Å². The molecule has 0 aromatic carbocycles. The molecule has 6 nitrogen and oxygen atoms in total. The fourth-order valence-corrected chi connectivity index (χ4v) is 3.52. The molecule has 0 bridgehead atoms. The molecule has 1 spiro atoms. The van der Waals surface area contributed by atoms with Gasteiger partial charge in [-0.25, -0.2) is 9.37 Å². The van der Waals surface area contributed by atoms with Gasteiger partial charge in [-0.05, 0) is 18.9 Å². The fraction of sp³-hybridized carbons (Fsp3) is 0.438. The van der Waals surface area contributed by atoms with Crippen LogP contribution in [0.3, 0.4) is 0 Å². The number of pyridine rings is 1. The Bertz CT molecular complexity index is 837. The first-order valence-electron chi connectivity index (χ1n) is 7.66. The van der Waals surface area contributed by atoms with Crippen LogP contribution in [0.4, 0.5) is 10.3 Å². The van der Waals surface area contributed by atoms with Crippen molar-refractivity contribution >= 4 is 5.95 Å². The van der Waals surface area contributed by atoms with E-state index in [1.165, 1.54) is 22.9 Å². The average molecular weight is 316 g/mol. The van der Waals surface area contributed by atoms with Gasteiger partial charge in [-0.2, -0.15) is 0 Å². The Morgan fingerprint density at radius 1 is 1.48 bits per heavy atom. The molecule has 2 aromatic rings. The average Bonchev–Trinajstić information content (AvgIpc) is 2.98. The second-order valence-electron chi connectivity index (χ2n) is 6.27. The lowest BCUT2D eigenvalue weighted by atomic mass is 10.2. The molecule has 3 heterocycles. The van der Waals surface area contributed by atoms with Gasteiger partial charge < -0.3 is 10.0 Å². The van der Waals surface area contributed by atoms with Gasteiger partial charge in [0.05, 0.1) is 23.5 Å². The Kier molecular flexibility index (Phi) is 3.02.